The van der Waals surface area contributed by atoms with Gasteiger partial charge in [0.1, 0.15) is 5.82 Å². The summed E-state index contributed by atoms with van der Waals surface area (Å²) in [5.41, 5.74) is 1.62. The van der Waals surface area contributed by atoms with Crippen molar-refractivity contribution >= 4 is 29.4 Å². The molecule has 0 unspecified atom stereocenters. The SMILES string of the molecule is O=C([O-])CCN1C(=O)/C(=C\c2ccc(F)cc2)c2ccccc2C1=O. The molecule has 0 saturated heterocycles. The minimum atomic E-state index is -1.34. The molecule has 1 aliphatic heterocycles. The van der Waals surface area contributed by atoms with Crippen molar-refractivity contribution in [2.24, 2.45) is 0 Å². The number of imide groups is 1. The summed E-state index contributed by atoms with van der Waals surface area (Å²) in [6.45, 7) is -0.269. The summed E-state index contributed by atoms with van der Waals surface area (Å²) in [6.07, 6.45) is 1.11. The highest BCUT2D eigenvalue weighted by molar-refractivity contribution is 6.33. The van der Waals surface area contributed by atoms with Crippen molar-refractivity contribution in [3.8, 4) is 0 Å². The Labute approximate surface area is 143 Å². The first-order valence-corrected chi connectivity index (χ1v) is 7.60. The minimum Gasteiger partial charge on any atom is -0.550 e. The van der Waals surface area contributed by atoms with Crippen LogP contribution in [0.5, 0.6) is 0 Å². The largest absolute Gasteiger partial charge is 0.550 e. The van der Waals surface area contributed by atoms with Gasteiger partial charge in [0.15, 0.2) is 0 Å². The summed E-state index contributed by atoms with van der Waals surface area (Å²) < 4.78 is 13.1. The Bertz CT molecular complexity index is 887. The van der Waals surface area contributed by atoms with Crippen LogP contribution in [0.1, 0.15) is 27.9 Å². The predicted molar refractivity (Wildman–Crippen MR) is 86.4 cm³/mol. The molecule has 2 amide bonds. The Kier molecular flexibility index (Phi) is 4.43. The summed E-state index contributed by atoms with van der Waals surface area (Å²) in [7, 11) is 0. The van der Waals surface area contributed by atoms with Gasteiger partial charge in [0, 0.05) is 30.1 Å². The molecule has 1 heterocycles. The molecule has 0 aliphatic carbocycles. The van der Waals surface area contributed by atoms with Gasteiger partial charge < -0.3 is 9.90 Å². The van der Waals surface area contributed by atoms with Crippen molar-refractivity contribution in [1.29, 1.82) is 0 Å². The number of hydrogen-bond donors (Lipinski definition) is 0. The zero-order valence-electron chi connectivity index (χ0n) is 13.1. The third kappa shape index (κ3) is 3.33. The fraction of sp³-hybridized carbons (Fsp3) is 0.105. The average Bonchev–Trinajstić information content (AvgIpc) is 2.60. The standard InChI is InChI=1S/C19H14FNO4/c20-13-7-5-12(6-8-13)11-16-14-3-1-2-4-15(14)18(24)21(19(16)25)10-9-17(22)23/h1-8,11H,9-10H2,(H,22,23)/p-1/b16-11-. The van der Waals surface area contributed by atoms with Gasteiger partial charge >= 0.3 is 0 Å². The summed E-state index contributed by atoms with van der Waals surface area (Å²) in [5.74, 6) is -2.88. The Balaban J connectivity index is 2.07. The number of aliphatic carboxylic acids is 1. The topological polar surface area (TPSA) is 77.5 Å². The van der Waals surface area contributed by atoms with E-state index in [1.54, 1.807) is 30.3 Å². The molecule has 0 spiro atoms. The molecule has 5 nitrogen and oxygen atoms in total. The second-order valence-corrected chi connectivity index (χ2v) is 5.54. The molecular weight excluding hydrogens is 325 g/mol. The molecule has 0 radical (unpaired) electrons. The second kappa shape index (κ2) is 6.68. The Morgan fingerprint density at radius 2 is 1.64 bits per heavy atom. The van der Waals surface area contributed by atoms with Crippen LogP contribution in [0, 0.1) is 5.82 Å². The molecule has 0 aromatic heterocycles. The van der Waals surface area contributed by atoms with E-state index in [0.29, 0.717) is 16.7 Å². The molecule has 2 aromatic carbocycles. The lowest BCUT2D eigenvalue weighted by Gasteiger charge is -2.28. The predicted octanol–water partition coefficient (Wildman–Crippen LogP) is 1.49. The van der Waals surface area contributed by atoms with E-state index in [1.807, 2.05) is 0 Å². The van der Waals surface area contributed by atoms with Gasteiger partial charge in [0.05, 0.1) is 0 Å². The van der Waals surface area contributed by atoms with Crippen LogP contribution in [0.2, 0.25) is 0 Å². The Morgan fingerprint density at radius 3 is 2.28 bits per heavy atom. The van der Waals surface area contributed by atoms with E-state index in [2.05, 4.69) is 0 Å². The highest BCUT2D eigenvalue weighted by atomic mass is 19.1. The normalized spacial score (nSPS) is 15.4. The van der Waals surface area contributed by atoms with Crippen LogP contribution < -0.4 is 5.11 Å². The van der Waals surface area contributed by atoms with Crippen LogP contribution in [0.25, 0.3) is 11.6 Å². The summed E-state index contributed by atoms with van der Waals surface area (Å²) in [5, 5.41) is 10.7. The third-order valence-electron chi connectivity index (χ3n) is 3.89. The molecule has 126 valence electrons. The summed E-state index contributed by atoms with van der Waals surface area (Å²) in [4.78, 5) is 36.8. The maximum absolute atomic E-state index is 13.1. The molecule has 3 rings (SSSR count). The van der Waals surface area contributed by atoms with Crippen LogP contribution in [0.4, 0.5) is 4.39 Å². The average molecular weight is 338 g/mol. The number of benzene rings is 2. The maximum atomic E-state index is 13.1. The molecule has 0 atom stereocenters. The lowest BCUT2D eigenvalue weighted by atomic mass is 9.92. The van der Waals surface area contributed by atoms with E-state index in [1.165, 1.54) is 24.3 Å². The van der Waals surface area contributed by atoms with Gasteiger partial charge in [-0.15, -0.1) is 0 Å². The Morgan fingerprint density at radius 1 is 1.00 bits per heavy atom. The zero-order valence-corrected chi connectivity index (χ0v) is 13.1. The maximum Gasteiger partial charge on any atom is 0.261 e. The molecule has 0 fully saturated rings. The van der Waals surface area contributed by atoms with Crippen LogP contribution in [-0.2, 0) is 9.59 Å². The monoisotopic (exact) mass is 338 g/mol. The van der Waals surface area contributed by atoms with E-state index in [-0.39, 0.29) is 12.1 Å². The second-order valence-electron chi connectivity index (χ2n) is 5.54. The van der Waals surface area contributed by atoms with Crippen molar-refractivity contribution in [1.82, 2.24) is 4.90 Å². The quantitative estimate of drug-likeness (QED) is 0.625. The first kappa shape index (κ1) is 16.6. The van der Waals surface area contributed by atoms with Crippen molar-refractivity contribution in [3.05, 3.63) is 71.0 Å². The lowest BCUT2D eigenvalue weighted by Crippen LogP contribution is -2.43. The van der Waals surface area contributed by atoms with Gasteiger partial charge in [-0.1, -0.05) is 30.3 Å². The zero-order chi connectivity index (χ0) is 18.0. The number of nitrogens with zero attached hydrogens (tertiary/aromatic N) is 1. The first-order chi connectivity index (χ1) is 12.0. The molecule has 0 N–H and O–H groups in total. The minimum absolute atomic E-state index is 0.250. The molecule has 0 bridgehead atoms. The molecule has 2 aromatic rings. The number of amides is 2. The van der Waals surface area contributed by atoms with Crippen LogP contribution >= 0.6 is 0 Å². The first-order valence-electron chi connectivity index (χ1n) is 7.60. The number of rotatable bonds is 4. The number of carbonyl (C=O) groups is 3. The van der Waals surface area contributed by atoms with E-state index in [0.717, 1.165) is 4.90 Å². The molecule has 25 heavy (non-hydrogen) atoms. The van der Waals surface area contributed by atoms with Gasteiger partial charge in [0.25, 0.3) is 11.8 Å². The van der Waals surface area contributed by atoms with Crippen molar-refractivity contribution in [2.75, 3.05) is 6.54 Å². The van der Waals surface area contributed by atoms with Gasteiger partial charge in [-0.2, -0.15) is 0 Å². The number of halogens is 1. The number of carbonyl (C=O) groups excluding carboxylic acids is 3. The van der Waals surface area contributed by atoms with Crippen LogP contribution in [0.15, 0.2) is 48.5 Å². The number of carboxylic acids is 1. The smallest absolute Gasteiger partial charge is 0.261 e. The fourth-order valence-electron chi connectivity index (χ4n) is 2.67. The van der Waals surface area contributed by atoms with Crippen LogP contribution in [-0.4, -0.2) is 29.2 Å². The van der Waals surface area contributed by atoms with E-state index < -0.39 is 30.0 Å². The van der Waals surface area contributed by atoms with E-state index in [4.69, 9.17) is 0 Å². The molecule has 1 aliphatic rings. The third-order valence-corrected chi connectivity index (χ3v) is 3.89. The number of fused-ring (bicyclic) bond motifs is 1. The summed E-state index contributed by atoms with van der Waals surface area (Å²) >= 11 is 0. The van der Waals surface area contributed by atoms with Gasteiger partial charge in [0.2, 0.25) is 0 Å². The van der Waals surface area contributed by atoms with Crippen molar-refractivity contribution in [3.63, 3.8) is 0 Å². The van der Waals surface area contributed by atoms with Crippen molar-refractivity contribution in [2.45, 2.75) is 6.42 Å². The van der Waals surface area contributed by atoms with Crippen LogP contribution in [0.3, 0.4) is 0 Å². The molecule has 0 saturated carbocycles. The fourth-order valence-corrected chi connectivity index (χ4v) is 2.67. The number of hydrogen-bond acceptors (Lipinski definition) is 4. The van der Waals surface area contributed by atoms with Gasteiger partial charge in [-0.3, -0.25) is 14.5 Å². The molecular formula is C19H13FNO4-. The number of carboxylic acid groups (broad SMARTS) is 1. The molecule has 6 heteroatoms. The van der Waals surface area contributed by atoms with E-state index in [9.17, 15) is 23.9 Å². The van der Waals surface area contributed by atoms with E-state index >= 15 is 0 Å². The summed E-state index contributed by atoms with van der Waals surface area (Å²) in [6, 6.07) is 12.2. The van der Waals surface area contributed by atoms with Gasteiger partial charge in [-0.05, 0) is 35.4 Å². The van der Waals surface area contributed by atoms with Gasteiger partial charge in [-0.25, -0.2) is 4.39 Å². The lowest BCUT2D eigenvalue weighted by molar-refractivity contribution is -0.305. The highest BCUT2D eigenvalue weighted by Gasteiger charge is 2.34. The van der Waals surface area contributed by atoms with Crippen molar-refractivity contribution < 1.29 is 23.9 Å². The highest BCUT2D eigenvalue weighted by Crippen LogP contribution is 2.30. The Hall–Kier alpha value is -3.28.